The number of non-ortho nitro benzene ring substituents is 1. The lowest BCUT2D eigenvalue weighted by atomic mass is 10.2. The Labute approximate surface area is 77.4 Å². The molecule has 0 amide bonds. The number of hydrogen-bond acceptors (Lipinski definition) is 4. The zero-order valence-electron chi connectivity index (χ0n) is 6.93. The summed E-state index contributed by atoms with van der Waals surface area (Å²) < 4.78 is 0. The van der Waals surface area contributed by atoms with Crippen molar-refractivity contribution >= 4 is 16.6 Å². The number of benzene rings is 1. The van der Waals surface area contributed by atoms with Crippen LogP contribution in [0.25, 0.3) is 10.9 Å². The second-order valence-corrected chi connectivity index (χ2v) is 2.68. The molecule has 0 aliphatic carbocycles. The number of rotatable bonds is 1. The molecule has 0 bridgehead atoms. The van der Waals surface area contributed by atoms with Gasteiger partial charge in [0.05, 0.1) is 15.8 Å². The van der Waals surface area contributed by atoms with Gasteiger partial charge in [0, 0.05) is 12.3 Å². The fourth-order valence-electron chi connectivity index (χ4n) is 1.23. The Bertz CT molecular complexity index is 561. The highest BCUT2D eigenvalue weighted by Gasteiger charge is 2.10. The quantitative estimate of drug-likeness (QED) is 0.534. The Morgan fingerprint density at radius 3 is 2.93 bits per heavy atom. The molecule has 0 fully saturated rings. The number of nitrogens with zero attached hydrogens (tertiary/aromatic N) is 2. The molecule has 6 nitrogen and oxygen atoms in total. The first kappa shape index (κ1) is 8.36. The minimum atomic E-state index is -0.516. The van der Waals surface area contributed by atoms with Crippen LogP contribution in [0.2, 0.25) is 0 Å². The lowest BCUT2D eigenvalue weighted by Gasteiger charge is -1.96. The van der Waals surface area contributed by atoms with Gasteiger partial charge in [-0.15, -0.1) is 0 Å². The van der Waals surface area contributed by atoms with Crippen molar-refractivity contribution in [2.24, 2.45) is 0 Å². The monoisotopic (exact) mass is 191 g/mol. The molecule has 1 aromatic heterocycles. The van der Waals surface area contributed by atoms with E-state index in [-0.39, 0.29) is 5.69 Å². The first-order chi connectivity index (χ1) is 6.68. The average molecular weight is 191 g/mol. The van der Waals surface area contributed by atoms with E-state index in [2.05, 4.69) is 9.97 Å². The van der Waals surface area contributed by atoms with Gasteiger partial charge in [-0.3, -0.25) is 10.1 Å². The molecule has 0 atom stereocenters. The van der Waals surface area contributed by atoms with E-state index in [1.165, 1.54) is 18.3 Å². The summed E-state index contributed by atoms with van der Waals surface area (Å²) in [6.45, 7) is 0. The molecule has 1 N–H and O–H groups in total. The maximum absolute atomic E-state index is 10.8. The van der Waals surface area contributed by atoms with Crippen molar-refractivity contribution in [3.8, 4) is 0 Å². The number of fused-ring (bicyclic) bond motifs is 1. The number of nitrogens with one attached hydrogen (secondary N) is 1. The van der Waals surface area contributed by atoms with E-state index < -0.39 is 10.6 Å². The van der Waals surface area contributed by atoms with Crippen molar-refractivity contribution in [2.75, 3.05) is 0 Å². The van der Waals surface area contributed by atoms with Gasteiger partial charge in [-0.2, -0.15) is 0 Å². The van der Waals surface area contributed by atoms with Gasteiger partial charge in [0.1, 0.15) is 0 Å². The maximum atomic E-state index is 10.8. The van der Waals surface area contributed by atoms with Gasteiger partial charge in [0.15, 0.2) is 0 Å². The normalized spacial score (nSPS) is 10.3. The molecule has 2 rings (SSSR count). The Morgan fingerprint density at radius 1 is 1.43 bits per heavy atom. The predicted molar refractivity (Wildman–Crippen MR) is 49.0 cm³/mol. The van der Waals surface area contributed by atoms with Crippen LogP contribution in [0.3, 0.4) is 0 Å². The minimum absolute atomic E-state index is 0.0637. The molecule has 0 radical (unpaired) electrons. The highest BCUT2D eigenvalue weighted by molar-refractivity contribution is 5.86. The molecule has 1 heterocycles. The first-order valence-electron chi connectivity index (χ1n) is 3.81. The van der Waals surface area contributed by atoms with E-state index in [4.69, 9.17) is 0 Å². The minimum Gasteiger partial charge on any atom is -0.305 e. The van der Waals surface area contributed by atoms with E-state index in [0.29, 0.717) is 10.9 Å². The summed E-state index contributed by atoms with van der Waals surface area (Å²) in [4.78, 5) is 26.8. The van der Waals surface area contributed by atoms with Crippen molar-refractivity contribution in [3.63, 3.8) is 0 Å². The number of aromatic nitrogens is 2. The molecule has 0 saturated heterocycles. The summed E-state index contributed by atoms with van der Waals surface area (Å²) >= 11 is 0. The highest BCUT2D eigenvalue weighted by atomic mass is 16.6. The third kappa shape index (κ3) is 1.22. The zero-order chi connectivity index (χ0) is 10.1. The Kier molecular flexibility index (Phi) is 1.74. The van der Waals surface area contributed by atoms with Crippen LogP contribution >= 0.6 is 0 Å². The third-order valence-corrected chi connectivity index (χ3v) is 1.83. The Balaban J connectivity index is 2.88. The number of nitro benzene ring substituents is 1. The topological polar surface area (TPSA) is 88.9 Å². The van der Waals surface area contributed by atoms with E-state index in [9.17, 15) is 14.9 Å². The predicted octanol–water partition coefficient (Wildman–Crippen LogP) is 0.831. The average Bonchev–Trinajstić information content (AvgIpc) is 2.16. The second kappa shape index (κ2) is 2.91. The van der Waals surface area contributed by atoms with Crippen LogP contribution in [0, 0.1) is 10.1 Å². The SMILES string of the molecule is O=c1ncc2c([N+](=O)[O-])cccc2[nH]1. The van der Waals surface area contributed by atoms with Crippen molar-refractivity contribution in [1.82, 2.24) is 9.97 Å². The summed E-state index contributed by atoms with van der Waals surface area (Å²) in [7, 11) is 0. The number of aromatic amines is 1. The van der Waals surface area contributed by atoms with Crippen molar-refractivity contribution in [3.05, 3.63) is 45.0 Å². The van der Waals surface area contributed by atoms with E-state index in [0.717, 1.165) is 0 Å². The van der Waals surface area contributed by atoms with Crippen LogP contribution < -0.4 is 5.69 Å². The molecule has 14 heavy (non-hydrogen) atoms. The smallest absolute Gasteiger partial charge is 0.305 e. The Morgan fingerprint density at radius 2 is 2.21 bits per heavy atom. The van der Waals surface area contributed by atoms with Crippen LogP contribution in [0.4, 0.5) is 5.69 Å². The largest absolute Gasteiger partial charge is 0.345 e. The fourth-order valence-corrected chi connectivity index (χ4v) is 1.23. The van der Waals surface area contributed by atoms with Gasteiger partial charge >= 0.3 is 5.69 Å². The van der Waals surface area contributed by atoms with Crippen molar-refractivity contribution < 1.29 is 4.92 Å². The molecule has 0 spiro atoms. The molecule has 70 valence electrons. The number of nitro groups is 1. The summed E-state index contributed by atoms with van der Waals surface area (Å²) in [5.74, 6) is 0. The van der Waals surface area contributed by atoms with Gasteiger partial charge in [-0.25, -0.2) is 9.78 Å². The molecular weight excluding hydrogens is 186 g/mol. The summed E-state index contributed by atoms with van der Waals surface area (Å²) in [6, 6.07) is 4.46. The lowest BCUT2D eigenvalue weighted by molar-refractivity contribution is -0.383. The van der Waals surface area contributed by atoms with Crippen LogP contribution in [0.15, 0.2) is 29.2 Å². The van der Waals surface area contributed by atoms with E-state index in [1.54, 1.807) is 6.07 Å². The van der Waals surface area contributed by atoms with Crippen molar-refractivity contribution in [1.29, 1.82) is 0 Å². The van der Waals surface area contributed by atoms with Crippen LogP contribution in [0.1, 0.15) is 0 Å². The number of H-pyrrole nitrogens is 1. The van der Waals surface area contributed by atoms with E-state index >= 15 is 0 Å². The van der Waals surface area contributed by atoms with Crippen molar-refractivity contribution in [2.45, 2.75) is 0 Å². The van der Waals surface area contributed by atoms with Gasteiger partial charge in [0.2, 0.25) is 0 Å². The third-order valence-electron chi connectivity index (χ3n) is 1.83. The molecule has 0 aliphatic rings. The van der Waals surface area contributed by atoms with Gasteiger partial charge < -0.3 is 4.98 Å². The van der Waals surface area contributed by atoms with Crippen LogP contribution in [-0.4, -0.2) is 14.9 Å². The van der Waals surface area contributed by atoms with Gasteiger partial charge in [-0.1, -0.05) is 6.07 Å². The first-order valence-corrected chi connectivity index (χ1v) is 3.81. The molecule has 0 saturated carbocycles. The van der Waals surface area contributed by atoms with E-state index in [1.807, 2.05) is 0 Å². The fraction of sp³-hybridized carbons (Fsp3) is 0. The van der Waals surface area contributed by atoms with Gasteiger partial charge in [0.25, 0.3) is 5.69 Å². The van der Waals surface area contributed by atoms with Gasteiger partial charge in [-0.05, 0) is 6.07 Å². The maximum Gasteiger partial charge on any atom is 0.345 e. The summed E-state index contributed by atoms with van der Waals surface area (Å²) in [6.07, 6.45) is 1.20. The molecule has 0 unspecified atom stereocenters. The summed E-state index contributed by atoms with van der Waals surface area (Å²) in [5, 5.41) is 10.9. The second-order valence-electron chi connectivity index (χ2n) is 2.68. The van der Waals surface area contributed by atoms with Crippen LogP contribution in [-0.2, 0) is 0 Å². The standard InChI is InChI=1S/C8H5N3O3/c12-8-9-4-5-6(10-8)2-1-3-7(5)11(13)14/h1-4H,(H,9,10,12). The Hall–Kier alpha value is -2.24. The molecule has 0 aliphatic heterocycles. The lowest BCUT2D eigenvalue weighted by Crippen LogP contribution is -2.08. The zero-order valence-corrected chi connectivity index (χ0v) is 6.93. The highest BCUT2D eigenvalue weighted by Crippen LogP contribution is 2.21. The van der Waals surface area contributed by atoms with Crippen LogP contribution in [0.5, 0.6) is 0 Å². The number of hydrogen-bond donors (Lipinski definition) is 1. The summed E-state index contributed by atoms with van der Waals surface area (Å²) in [5.41, 5.74) is -0.163. The molecular formula is C8H5N3O3. The molecule has 6 heteroatoms. The molecule has 2 aromatic rings. The molecule has 1 aromatic carbocycles.